The van der Waals surface area contributed by atoms with E-state index < -0.39 is 0 Å². The summed E-state index contributed by atoms with van der Waals surface area (Å²) in [5.41, 5.74) is 8.75. The maximum Gasteiger partial charge on any atom is 0.0360 e. The Labute approximate surface area is 104 Å². The zero-order valence-corrected chi connectivity index (χ0v) is 10.7. The Morgan fingerprint density at radius 3 is 1.71 bits per heavy atom. The van der Waals surface area contributed by atoms with Crippen molar-refractivity contribution >= 4 is 11.4 Å². The molecular weight excluding hydrogens is 208 g/mol. The number of aryl methyl sites for hydroxylation is 1. The summed E-state index contributed by atoms with van der Waals surface area (Å²) in [4.78, 5) is 2.08. The zero-order valence-electron chi connectivity index (χ0n) is 10.7. The van der Waals surface area contributed by atoms with E-state index in [1.807, 2.05) is 63.5 Å². The van der Waals surface area contributed by atoms with Gasteiger partial charge in [-0.15, -0.1) is 0 Å². The van der Waals surface area contributed by atoms with Gasteiger partial charge in [0.05, 0.1) is 0 Å². The van der Waals surface area contributed by atoms with Gasteiger partial charge in [-0.1, -0.05) is 35.9 Å². The van der Waals surface area contributed by atoms with Gasteiger partial charge >= 0.3 is 0 Å². The molecule has 17 heavy (non-hydrogen) atoms. The third-order valence-electron chi connectivity index (χ3n) is 2.35. The molecule has 0 spiro atoms. The van der Waals surface area contributed by atoms with Gasteiger partial charge in [-0.3, -0.25) is 0 Å². The van der Waals surface area contributed by atoms with Crippen LogP contribution in [0.25, 0.3) is 0 Å². The van der Waals surface area contributed by atoms with Crippen LogP contribution in [-0.4, -0.2) is 14.1 Å². The van der Waals surface area contributed by atoms with Crippen LogP contribution < -0.4 is 10.6 Å². The molecule has 0 aliphatic heterocycles. The van der Waals surface area contributed by atoms with Gasteiger partial charge in [-0.25, -0.2) is 0 Å². The van der Waals surface area contributed by atoms with E-state index in [-0.39, 0.29) is 0 Å². The van der Waals surface area contributed by atoms with Crippen molar-refractivity contribution in [1.29, 1.82) is 0 Å². The SMILES string of the molecule is CN(C)c1ccccc1.Cc1ccc(N)cc1. The summed E-state index contributed by atoms with van der Waals surface area (Å²) < 4.78 is 0. The number of anilines is 2. The summed E-state index contributed by atoms with van der Waals surface area (Å²) in [6.45, 7) is 2.04. The molecule has 0 saturated carbocycles. The first-order valence-corrected chi connectivity index (χ1v) is 5.64. The average Bonchev–Trinajstić information content (AvgIpc) is 2.35. The number of nitrogens with zero attached hydrogens (tertiary/aromatic N) is 1. The van der Waals surface area contributed by atoms with Crippen molar-refractivity contribution in [3.8, 4) is 0 Å². The van der Waals surface area contributed by atoms with E-state index in [4.69, 9.17) is 5.73 Å². The molecule has 0 heterocycles. The number of rotatable bonds is 1. The topological polar surface area (TPSA) is 29.3 Å². The highest BCUT2D eigenvalue weighted by Gasteiger charge is 1.87. The fourth-order valence-electron chi connectivity index (χ4n) is 1.29. The molecule has 0 radical (unpaired) electrons. The Morgan fingerprint density at radius 1 is 0.824 bits per heavy atom. The number of para-hydroxylation sites is 1. The van der Waals surface area contributed by atoms with Crippen LogP contribution in [0.15, 0.2) is 54.6 Å². The molecule has 0 bridgehead atoms. The maximum absolute atomic E-state index is 5.43. The van der Waals surface area contributed by atoms with Crippen LogP contribution in [0, 0.1) is 6.92 Å². The first kappa shape index (κ1) is 13.1. The minimum atomic E-state index is 0.829. The number of hydrogen-bond donors (Lipinski definition) is 1. The standard InChI is InChI=1S/C8H11N.C7H9N/c1-9(2)8-6-4-3-5-7-8;1-6-2-4-7(8)5-3-6/h3-7H,1-2H3;2-5H,8H2,1H3. The zero-order chi connectivity index (χ0) is 12.7. The smallest absolute Gasteiger partial charge is 0.0360 e. The van der Waals surface area contributed by atoms with E-state index in [0.717, 1.165) is 5.69 Å². The molecule has 0 fully saturated rings. The Balaban J connectivity index is 0.000000171. The first-order chi connectivity index (χ1) is 8.09. The molecule has 2 aromatic rings. The number of nitrogen functional groups attached to an aromatic ring is 1. The van der Waals surface area contributed by atoms with Crippen LogP contribution in [0.2, 0.25) is 0 Å². The molecule has 90 valence electrons. The lowest BCUT2D eigenvalue weighted by atomic mass is 10.2. The van der Waals surface area contributed by atoms with Gasteiger partial charge < -0.3 is 10.6 Å². The molecule has 0 atom stereocenters. The normalized spacial score (nSPS) is 9.12. The van der Waals surface area contributed by atoms with Crippen LogP contribution in [0.1, 0.15) is 5.56 Å². The van der Waals surface area contributed by atoms with Gasteiger partial charge in [-0.05, 0) is 31.2 Å². The summed E-state index contributed by atoms with van der Waals surface area (Å²) in [5.74, 6) is 0. The fourth-order valence-corrected chi connectivity index (χ4v) is 1.29. The molecule has 2 aromatic carbocycles. The molecule has 2 rings (SSSR count). The monoisotopic (exact) mass is 228 g/mol. The third kappa shape index (κ3) is 5.07. The second-order valence-electron chi connectivity index (χ2n) is 4.14. The predicted octanol–water partition coefficient (Wildman–Crippen LogP) is 3.33. The molecule has 2 nitrogen and oxygen atoms in total. The van der Waals surface area contributed by atoms with Crippen LogP contribution in [0.4, 0.5) is 11.4 Å². The van der Waals surface area contributed by atoms with Crippen LogP contribution in [-0.2, 0) is 0 Å². The average molecular weight is 228 g/mol. The molecule has 0 aliphatic carbocycles. The second kappa shape index (κ2) is 6.59. The summed E-state index contributed by atoms with van der Waals surface area (Å²) >= 11 is 0. The van der Waals surface area contributed by atoms with Gasteiger partial charge in [0.1, 0.15) is 0 Å². The molecule has 0 aliphatic rings. The number of hydrogen-bond acceptors (Lipinski definition) is 2. The lowest BCUT2D eigenvalue weighted by Gasteiger charge is -2.10. The van der Waals surface area contributed by atoms with E-state index in [9.17, 15) is 0 Å². The molecule has 0 saturated heterocycles. The first-order valence-electron chi connectivity index (χ1n) is 5.64. The van der Waals surface area contributed by atoms with Crippen molar-refractivity contribution in [3.63, 3.8) is 0 Å². The molecular formula is C15H20N2. The van der Waals surface area contributed by atoms with E-state index in [0.29, 0.717) is 0 Å². The van der Waals surface area contributed by atoms with E-state index in [1.54, 1.807) is 0 Å². The molecule has 0 unspecified atom stereocenters. The van der Waals surface area contributed by atoms with Gasteiger partial charge in [0.2, 0.25) is 0 Å². The van der Waals surface area contributed by atoms with Crippen molar-refractivity contribution in [2.45, 2.75) is 6.92 Å². The van der Waals surface area contributed by atoms with Crippen LogP contribution in [0.3, 0.4) is 0 Å². The van der Waals surface area contributed by atoms with Gasteiger partial charge in [0.25, 0.3) is 0 Å². The van der Waals surface area contributed by atoms with Crippen molar-refractivity contribution < 1.29 is 0 Å². The van der Waals surface area contributed by atoms with Crippen molar-refractivity contribution in [3.05, 3.63) is 60.2 Å². The lowest BCUT2D eigenvalue weighted by molar-refractivity contribution is 1.13. The van der Waals surface area contributed by atoms with Crippen molar-refractivity contribution in [2.24, 2.45) is 0 Å². The molecule has 0 amide bonds. The molecule has 2 N–H and O–H groups in total. The Kier molecular flexibility index (Phi) is 5.08. The Morgan fingerprint density at radius 2 is 1.35 bits per heavy atom. The second-order valence-corrected chi connectivity index (χ2v) is 4.14. The lowest BCUT2D eigenvalue weighted by Crippen LogP contribution is -2.07. The third-order valence-corrected chi connectivity index (χ3v) is 2.35. The Hall–Kier alpha value is -1.96. The van der Waals surface area contributed by atoms with Crippen LogP contribution in [0.5, 0.6) is 0 Å². The van der Waals surface area contributed by atoms with E-state index in [1.165, 1.54) is 11.3 Å². The predicted molar refractivity (Wildman–Crippen MR) is 76.4 cm³/mol. The summed E-state index contributed by atoms with van der Waals surface area (Å²) in [6, 6.07) is 18.0. The summed E-state index contributed by atoms with van der Waals surface area (Å²) in [5, 5.41) is 0. The molecule has 0 aromatic heterocycles. The van der Waals surface area contributed by atoms with E-state index in [2.05, 4.69) is 17.0 Å². The van der Waals surface area contributed by atoms with Crippen molar-refractivity contribution in [2.75, 3.05) is 24.7 Å². The minimum Gasteiger partial charge on any atom is -0.399 e. The van der Waals surface area contributed by atoms with E-state index >= 15 is 0 Å². The minimum absolute atomic E-state index is 0.829. The fraction of sp³-hybridized carbons (Fsp3) is 0.200. The maximum atomic E-state index is 5.43. The van der Waals surface area contributed by atoms with Crippen molar-refractivity contribution in [1.82, 2.24) is 0 Å². The highest BCUT2D eigenvalue weighted by molar-refractivity contribution is 5.43. The number of nitrogens with two attached hydrogens (primary N) is 1. The van der Waals surface area contributed by atoms with Gasteiger partial charge in [0, 0.05) is 25.5 Å². The molecule has 2 heteroatoms. The Bertz CT molecular complexity index is 397. The van der Waals surface area contributed by atoms with Crippen LogP contribution >= 0.6 is 0 Å². The highest BCUT2D eigenvalue weighted by Crippen LogP contribution is 2.07. The van der Waals surface area contributed by atoms with Gasteiger partial charge in [0.15, 0.2) is 0 Å². The van der Waals surface area contributed by atoms with Gasteiger partial charge in [-0.2, -0.15) is 0 Å². The summed E-state index contributed by atoms with van der Waals surface area (Å²) in [6.07, 6.45) is 0. The highest BCUT2D eigenvalue weighted by atomic mass is 15.1. The largest absolute Gasteiger partial charge is 0.399 e. The number of benzene rings is 2. The summed E-state index contributed by atoms with van der Waals surface area (Å²) in [7, 11) is 4.07. The quantitative estimate of drug-likeness (QED) is 0.759.